The molecule has 0 spiro atoms. The van der Waals surface area contributed by atoms with Gasteiger partial charge in [0.1, 0.15) is 0 Å². The molecule has 0 aliphatic heterocycles. The molecule has 0 radical (unpaired) electrons. The molecule has 86 valence electrons. The van der Waals surface area contributed by atoms with Crippen molar-refractivity contribution in [3.05, 3.63) is 17.5 Å². The maximum Gasteiger partial charge on any atom is 0.0641 e. The Morgan fingerprint density at radius 1 is 1.53 bits per heavy atom. The van der Waals surface area contributed by atoms with Crippen LogP contribution in [0.1, 0.15) is 31.1 Å². The first-order chi connectivity index (χ1) is 7.04. The van der Waals surface area contributed by atoms with Gasteiger partial charge in [-0.15, -0.1) is 0 Å². The van der Waals surface area contributed by atoms with Crippen LogP contribution in [-0.2, 0) is 7.05 Å². The van der Waals surface area contributed by atoms with Crippen molar-refractivity contribution in [1.29, 1.82) is 0 Å². The second-order valence-electron chi connectivity index (χ2n) is 4.26. The Bertz CT molecular complexity index is 309. The van der Waals surface area contributed by atoms with Crippen molar-refractivity contribution >= 4 is 0 Å². The summed E-state index contributed by atoms with van der Waals surface area (Å²) in [5, 5.41) is 16.6. The summed E-state index contributed by atoms with van der Waals surface area (Å²) in [6, 6.07) is 0.285. The Morgan fingerprint density at radius 2 is 2.20 bits per heavy atom. The van der Waals surface area contributed by atoms with Gasteiger partial charge in [0.25, 0.3) is 0 Å². The number of rotatable bonds is 5. The van der Waals surface area contributed by atoms with Gasteiger partial charge < -0.3 is 10.4 Å². The van der Waals surface area contributed by atoms with E-state index >= 15 is 0 Å². The largest absolute Gasteiger partial charge is 0.396 e. The van der Waals surface area contributed by atoms with Crippen LogP contribution in [0.25, 0.3) is 0 Å². The second kappa shape index (κ2) is 5.28. The van der Waals surface area contributed by atoms with Gasteiger partial charge in [-0.2, -0.15) is 5.10 Å². The summed E-state index contributed by atoms with van der Waals surface area (Å²) in [5.41, 5.74) is 2.29. The Morgan fingerprint density at radius 3 is 2.67 bits per heavy atom. The molecule has 2 atom stereocenters. The highest BCUT2D eigenvalue weighted by molar-refractivity contribution is 5.19. The van der Waals surface area contributed by atoms with Crippen molar-refractivity contribution in [3.63, 3.8) is 0 Å². The monoisotopic (exact) mass is 211 g/mol. The summed E-state index contributed by atoms with van der Waals surface area (Å²) in [6.45, 7) is 7.21. The highest BCUT2D eigenvalue weighted by Crippen LogP contribution is 2.15. The predicted octanol–water partition coefficient (Wildman–Crippen LogP) is 1.01. The van der Waals surface area contributed by atoms with E-state index in [2.05, 4.69) is 17.3 Å². The lowest BCUT2D eigenvalue weighted by atomic mass is 10.1. The number of hydrogen-bond acceptors (Lipinski definition) is 3. The first kappa shape index (κ1) is 12.2. The molecule has 0 saturated carbocycles. The molecule has 0 aliphatic rings. The topological polar surface area (TPSA) is 50.1 Å². The third-order valence-corrected chi connectivity index (χ3v) is 2.60. The molecule has 0 aliphatic carbocycles. The van der Waals surface area contributed by atoms with Crippen LogP contribution in [0.2, 0.25) is 0 Å². The molecule has 15 heavy (non-hydrogen) atoms. The maximum atomic E-state index is 8.92. The van der Waals surface area contributed by atoms with Crippen LogP contribution in [0.3, 0.4) is 0 Å². The van der Waals surface area contributed by atoms with Gasteiger partial charge in [-0.05, 0) is 19.8 Å². The molecule has 1 rings (SSSR count). The van der Waals surface area contributed by atoms with Gasteiger partial charge in [-0.1, -0.05) is 6.92 Å². The van der Waals surface area contributed by atoms with Crippen LogP contribution < -0.4 is 5.32 Å². The molecule has 0 saturated heterocycles. The summed E-state index contributed by atoms with van der Waals surface area (Å²) in [4.78, 5) is 0. The minimum atomic E-state index is 0.228. The van der Waals surface area contributed by atoms with E-state index in [1.165, 1.54) is 5.56 Å². The van der Waals surface area contributed by atoms with Crippen LogP contribution in [0.5, 0.6) is 0 Å². The van der Waals surface area contributed by atoms with Gasteiger partial charge in [-0.3, -0.25) is 4.68 Å². The third-order valence-electron chi connectivity index (χ3n) is 2.60. The van der Waals surface area contributed by atoms with Gasteiger partial charge in [-0.25, -0.2) is 0 Å². The van der Waals surface area contributed by atoms with Crippen molar-refractivity contribution in [2.45, 2.75) is 26.8 Å². The normalized spacial score (nSPS) is 15.3. The fourth-order valence-electron chi connectivity index (χ4n) is 1.60. The molecule has 2 unspecified atom stereocenters. The third kappa shape index (κ3) is 3.32. The number of hydrogen-bond donors (Lipinski definition) is 2. The summed E-state index contributed by atoms with van der Waals surface area (Å²) in [6.07, 6.45) is 2.04. The van der Waals surface area contributed by atoms with E-state index in [-0.39, 0.29) is 12.6 Å². The van der Waals surface area contributed by atoms with Gasteiger partial charge in [0.05, 0.1) is 5.69 Å². The minimum Gasteiger partial charge on any atom is -0.396 e. The lowest BCUT2D eigenvalue weighted by molar-refractivity contribution is 0.231. The molecule has 1 heterocycles. The molecule has 2 N–H and O–H groups in total. The smallest absolute Gasteiger partial charge is 0.0641 e. The number of aliphatic hydroxyl groups excluding tert-OH is 1. The zero-order valence-electron chi connectivity index (χ0n) is 9.99. The SMILES string of the molecule is Cc1nn(C)cc1C(C)NCC(C)CO. The van der Waals surface area contributed by atoms with Gasteiger partial charge >= 0.3 is 0 Å². The molecule has 0 aromatic carbocycles. The zero-order chi connectivity index (χ0) is 11.4. The van der Waals surface area contributed by atoms with Crippen molar-refractivity contribution < 1.29 is 5.11 Å². The highest BCUT2D eigenvalue weighted by atomic mass is 16.3. The fraction of sp³-hybridized carbons (Fsp3) is 0.727. The molecule has 0 fully saturated rings. The molecule has 1 aromatic heterocycles. The van der Waals surface area contributed by atoms with E-state index < -0.39 is 0 Å². The Balaban J connectivity index is 2.53. The van der Waals surface area contributed by atoms with Crippen LogP contribution in [-0.4, -0.2) is 28.0 Å². The van der Waals surface area contributed by atoms with E-state index in [9.17, 15) is 0 Å². The van der Waals surface area contributed by atoms with Gasteiger partial charge in [0.2, 0.25) is 0 Å². The maximum absolute atomic E-state index is 8.92. The average molecular weight is 211 g/mol. The average Bonchev–Trinajstić information content (AvgIpc) is 2.53. The van der Waals surface area contributed by atoms with Gasteiger partial charge in [0, 0.05) is 38.0 Å². The minimum absolute atomic E-state index is 0.228. The predicted molar refractivity (Wildman–Crippen MR) is 60.6 cm³/mol. The molecule has 0 amide bonds. The first-order valence-corrected chi connectivity index (χ1v) is 5.39. The van der Waals surface area contributed by atoms with E-state index in [0.29, 0.717) is 5.92 Å². The van der Waals surface area contributed by atoms with Gasteiger partial charge in [0.15, 0.2) is 0 Å². The lowest BCUT2D eigenvalue weighted by Crippen LogP contribution is -2.26. The summed E-state index contributed by atoms with van der Waals surface area (Å²) in [7, 11) is 1.93. The summed E-state index contributed by atoms with van der Waals surface area (Å²) < 4.78 is 1.83. The van der Waals surface area contributed by atoms with Crippen LogP contribution in [0.15, 0.2) is 6.20 Å². The van der Waals surface area contributed by atoms with Crippen molar-refractivity contribution in [1.82, 2.24) is 15.1 Å². The Kier molecular flexibility index (Phi) is 4.29. The molecule has 1 aromatic rings. The Labute approximate surface area is 91.3 Å². The van der Waals surface area contributed by atoms with Crippen LogP contribution >= 0.6 is 0 Å². The first-order valence-electron chi connectivity index (χ1n) is 5.39. The number of aromatic nitrogens is 2. The lowest BCUT2D eigenvalue weighted by Gasteiger charge is -2.15. The van der Waals surface area contributed by atoms with Crippen molar-refractivity contribution in [2.24, 2.45) is 13.0 Å². The number of aliphatic hydroxyl groups is 1. The van der Waals surface area contributed by atoms with Crippen molar-refractivity contribution in [2.75, 3.05) is 13.2 Å². The number of aryl methyl sites for hydroxylation is 2. The number of nitrogens with zero attached hydrogens (tertiary/aromatic N) is 2. The Hall–Kier alpha value is -0.870. The molecule has 0 bridgehead atoms. The molecule has 4 nitrogen and oxygen atoms in total. The fourth-order valence-corrected chi connectivity index (χ4v) is 1.60. The van der Waals surface area contributed by atoms with E-state index in [4.69, 9.17) is 5.11 Å². The van der Waals surface area contributed by atoms with E-state index in [1.807, 2.05) is 31.8 Å². The van der Waals surface area contributed by atoms with Crippen LogP contribution in [0.4, 0.5) is 0 Å². The highest BCUT2D eigenvalue weighted by Gasteiger charge is 2.11. The zero-order valence-corrected chi connectivity index (χ0v) is 9.99. The van der Waals surface area contributed by atoms with E-state index in [0.717, 1.165) is 12.2 Å². The quantitative estimate of drug-likeness (QED) is 0.764. The molecule has 4 heteroatoms. The summed E-state index contributed by atoms with van der Waals surface area (Å²) in [5.74, 6) is 0.296. The summed E-state index contributed by atoms with van der Waals surface area (Å²) >= 11 is 0. The van der Waals surface area contributed by atoms with Crippen LogP contribution in [0, 0.1) is 12.8 Å². The van der Waals surface area contributed by atoms with Crippen molar-refractivity contribution in [3.8, 4) is 0 Å². The number of nitrogens with one attached hydrogen (secondary N) is 1. The molecular weight excluding hydrogens is 190 g/mol. The molecular formula is C11H21N3O. The standard InChI is InChI=1S/C11H21N3O/c1-8(7-15)5-12-9(2)11-6-14(4)13-10(11)3/h6,8-9,12,15H,5,7H2,1-4H3. The van der Waals surface area contributed by atoms with E-state index in [1.54, 1.807) is 0 Å². The second-order valence-corrected chi connectivity index (χ2v) is 4.26.